The van der Waals surface area contributed by atoms with Gasteiger partial charge in [-0.15, -0.1) is 0 Å². The smallest absolute Gasteiger partial charge is 0.248 e. The van der Waals surface area contributed by atoms with Crippen LogP contribution in [0.3, 0.4) is 0 Å². The third-order valence-electron chi connectivity index (χ3n) is 4.78. The molecule has 0 saturated carbocycles. The normalized spacial score (nSPS) is 12.0. The van der Waals surface area contributed by atoms with Crippen molar-refractivity contribution in [3.05, 3.63) is 90.0 Å². The fourth-order valence-corrected chi connectivity index (χ4v) is 4.32. The number of hydrogen-bond donors (Lipinski definition) is 3. The lowest BCUT2D eigenvalue weighted by atomic mass is 10.1. The number of anilines is 1. The van der Waals surface area contributed by atoms with Gasteiger partial charge in [0.2, 0.25) is 21.8 Å². The Morgan fingerprint density at radius 1 is 0.939 bits per heavy atom. The van der Waals surface area contributed by atoms with E-state index in [0.29, 0.717) is 23.6 Å². The van der Waals surface area contributed by atoms with E-state index in [9.17, 15) is 18.0 Å². The third kappa shape index (κ3) is 6.64. The Kier molecular flexibility index (Phi) is 7.81. The van der Waals surface area contributed by atoms with E-state index in [-0.39, 0.29) is 11.3 Å². The Labute approximate surface area is 192 Å². The molecule has 172 valence electrons. The first-order chi connectivity index (χ1) is 15.8. The fraction of sp³-hybridized carbons (Fsp3) is 0.167. The lowest BCUT2D eigenvalue weighted by Crippen LogP contribution is -2.45. The van der Waals surface area contributed by atoms with Gasteiger partial charge in [0, 0.05) is 11.3 Å². The second-order valence-electron chi connectivity index (χ2n) is 7.20. The van der Waals surface area contributed by atoms with Crippen LogP contribution in [0.4, 0.5) is 5.69 Å². The second-order valence-corrected chi connectivity index (χ2v) is 8.91. The lowest BCUT2D eigenvalue weighted by molar-refractivity contribution is -0.117. The van der Waals surface area contributed by atoms with Crippen molar-refractivity contribution >= 4 is 27.5 Å². The molecule has 4 N–H and O–H groups in total. The zero-order valence-electron chi connectivity index (χ0n) is 18.0. The van der Waals surface area contributed by atoms with E-state index in [1.807, 2.05) is 37.3 Å². The highest BCUT2D eigenvalue weighted by Gasteiger charge is 2.26. The third-order valence-corrected chi connectivity index (χ3v) is 6.27. The van der Waals surface area contributed by atoms with Crippen molar-refractivity contribution < 1.29 is 22.7 Å². The number of ether oxygens (including phenoxy) is 1. The van der Waals surface area contributed by atoms with Gasteiger partial charge in [0.05, 0.1) is 11.5 Å². The zero-order valence-corrected chi connectivity index (χ0v) is 18.8. The maximum Gasteiger partial charge on any atom is 0.248 e. The Bertz CT molecular complexity index is 1200. The summed E-state index contributed by atoms with van der Waals surface area (Å²) in [6.07, 6.45) is 0.141. The standard InChI is InChI=1S/C24H25N3O5S/c1-2-32-20-12-14-21(15-13-20)33(30,31)27-22(16-17-6-4-3-5-7-17)24(29)26-19-10-8-18(9-11-19)23(25)28/h3-15,22,27H,2,16H2,1H3,(H2,25,28)(H,26,29)/t22-/m1/s1. The predicted octanol–water partition coefficient (Wildman–Crippen LogP) is 2.71. The number of nitrogens with two attached hydrogens (primary N) is 1. The molecule has 1 atom stereocenters. The first-order valence-electron chi connectivity index (χ1n) is 10.3. The van der Waals surface area contributed by atoms with Crippen molar-refractivity contribution in [1.29, 1.82) is 0 Å². The van der Waals surface area contributed by atoms with Crippen LogP contribution >= 0.6 is 0 Å². The summed E-state index contributed by atoms with van der Waals surface area (Å²) >= 11 is 0. The highest BCUT2D eigenvalue weighted by Crippen LogP contribution is 2.18. The van der Waals surface area contributed by atoms with Crippen molar-refractivity contribution in [2.24, 2.45) is 5.73 Å². The van der Waals surface area contributed by atoms with Gasteiger partial charge in [-0.1, -0.05) is 30.3 Å². The maximum atomic E-state index is 13.0. The number of benzene rings is 3. The van der Waals surface area contributed by atoms with E-state index in [1.54, 1.807) is 12.1 Å². The SMILES string of the molecule is CCOc1ccc(S(=O)(=O)N[C@H](Cc2ccccc2)C(=O)Nc2ccc(C(N)=O)cc2)cc1. The van der Waals surface area contributed by atoms with E-state index in [2.05, 4.69) is 10.0 Å². The quantitative estimate of drug-likeness (QED) is 0.422. The number of rotatable bonds is 10. The van der Waals surface area contributed by atoms with E-state index in [4.69, 9.17) is 10.5 Å². The van der Waals surface area contributed by atoms with Gasteiger partial charge in [-0.05, 0) is 67.4 Å². The Balaban J connectivity index is 1.82. The van der Waals surface area contributed by atoms with Crippen molar-refractivity contribution in [2.45, 2.75) is 24.3 Å². The molecule has 0 spiro atoms. The second kappa shape index (κ2) is 10.8. The largest absolute Gasteiger partial charge is 0.494 e. The summed E-state index contributed by atoms with van der Waals surface area (Å²) in [5, 5.41) is 2.69. The first-order valence-corrected chi connectivity index (χ1v) is 11.8. The number of hydrogen-bond acceptors (Lipinski definition) is 5. The molecule has 8 nitrogen and oxygen atoms in total. The molecule has 0 bridgehead atoms. The minimum atomic E-state index is -3.99. The van der Waals surface area contributed by atoms with Crippen molar-refractivity contribution in [3.63, 3.8) is 0 Å². The minimum absolute atomic E-state index is 0.0163. The molecule has 3 aromatic rings. The van der Waals surface area contributed by atoms with Crippen molar-refractivity contribution in [3.8, 4) is 5.75 Å². The summed E-state index contributed by atoms with van der Waals surface area (Å²) in [4.78, 5) is 24.3. The molecule has 0 unspecified atom stereocenters. The predicted molar refractivity (Wildman–Crippen MR) is 125 cm³/mol. The van der Waals surface area contributed by atoms with E-state index < -0.39 is 27.9 Å². The molecule has 2 amide bonds. The monoisotopic (exact) mass is 467 g/mol. The van der Waals surface area contributed by atoms with Crippen LogP contribution in [0.15, 0.2) is 83.8 Å². The molecule has 0 heterocycles. The van der Waals surface area contributed by atoms with Crippen molar-refractivity contribution in [1.82, 2.24) is 4.72 Å². The van der Waals surface area contributed by atoms with Crippen LogP contribution < -0.4 is 20.5 Å². The minimum Gasteiger partial charge on any atom is -0.494 e. The fourth-order valence-electron chi connectivity index (χ4n) is 3.12. The maximum absolute atomic E-state index is 13.0. The molecule has 3 rings (SSSR count). The molecule has 0 aliphatic heterocycles. The Morgan fingerprint density at radius 2 is 1.58 bits per heavy atom. The number of carbonyl (C=O) groups is 2. The van der Waals surface area contributed by atoms with Crippen molar-refractivity contribution in [2.75, 3.05) is 11.9 Å². The molecule has 9 heteroatoms. The van der Waals surface area contributed by atoms with Gasteiger partial charge < -0.3 is 15.8 Å². The molecule has 0 aromatic heterocycles. The molecule has 0 aliphatic rings. The summed E-state index contributed by atoms with van der Waals surface area (Å²) in [6.45, 7) is 2.30. The molecule has 3 aromatic carbocycles. The molecular formula is C24H25N3O5S. The molecule has 0 fully saturated rings. The van der Waals surface area contributed by atoms with Gasteiger partial charge in [-0.3, -0.25) is 9.59 Å². The van der Waals surface area contributed by atoms with Crippen LogP contribution in [0.5, 0.6) is 5.75 Å². The van der Waals surface area contributed by atoms with E-state index in [1.165, 1.54) is 36.4 Å². The summed E-state index contributed by atoms with van der Waals surface area (Å²) in [5.74, 6) is -0.576. The first kappa shape index (κ1) is 24.0. The average Bonchev–Trinajstić information content (AvgIpc) is 2.80. The lowest BCUT2D eigenvalue weighted by Gasteiger charge is -2.19. The number of sulfonamides is 1. The van der Waals surface area contributed by atoms with Gasteiger partial charge in [0.25, 0.3) is 0 Å². The number of nitrogens with one attached hydrogen (secondary N) is 2. The van der Waals surface area contributed by atoms with Gasteiger partial charge in [0.15, 0.2) is 0 Å². The topological polar surface area (TPSA) is 128 Å². The molecule has 0 radical (unpaired) electrons. The zero-order chi connectivity index (χ0) is 23.8. The molecule has 33 heavy (non-hydrogen) atoms. The highest BCUT2D eigenvalue weighted by atomic mass is 32.2. The van der Waals surface area contributed by atoms with Crippen LogP contribution in [0, 0.1) is 0 Å². The Hall–Kier alpha value is -3.69. The van der Waals surface area contributed by atoms with Crippen LogP contribution in [0.2, 0.25) is 0 Å². The average molecular weight is 468 g/mol. The summed E-state index contributed by atoms with van der Waals surface area (Å²) < 4.78 is 33.8. The van der Waals surface area contributed by atoms with Gasteiger partial charge in [0.1, 0.15) is 11.8 Å². The number of primary amides is 1. The molecular weight excluding hydrogens is 442 g/mol. The van der Waals surface area contributed by atoms with E-state index >= 15 is 0 Å². The van der Waals surface area contributed by atoms with Gasteiger partial charge in [-0.25, -0.2) is 8.42 Å². The van der Waals surface area contributed by atoms with Crippen LogP contribution in [0.1, 0.15) is 22.8 Å². The number of carbonyl (C=O) groups excluding carboxylic acids is 2. The Morgan fingerprint density at radius 3 is 2.15 bits per heavy atom. The van der Waals surface area contributed by atoms with E-state index in [0.717, 1.165) is 5.56 Å². The van der Waals surface area contributed by atoms with Gasteiger partial charge in [-0.2, -0.15) is 4.72 Å². The van der Waals surface area contributed by atoms with Gasteiger partial charge >= 0.3 is 0 Å². The summed E-state index contributed by atoms with van der Waals surface area (Å²) in [7, 11) is -3.99. The molecule has 0 saturated heterocycles. The number of amides is 2. The van der Waals surface area contributed by atoms with Crippen LogP contribution in [0.25, 0.3) is 0 Å². The van der Waals surface area contributed by atoms with Crippen LogP contribution in [-0.4, -0.2) is 32.9 Å². The summed E-state index contributed by atoms with van der Waals surface area (Å²) in [5.41, 5.74) is 6.73. The van der Waals surface area contributed by atoms with Crippen LogP contribution in [-0.2, 0) is 21.2 Å². The highest BCUT2D eigenvalue weighted by molar-refractivity contribution is 7.89. The molecule has 0 aliphatic carbocycles. The summed E-state index contributed by atoms with van der Waals surface area (Å²) in [6, 6.07) is 20.0.